The SMILES string of the molecule is CC(=O)N(NC(=O)[C@H](CC(C)C)[C@H](CC=Cc1ccccc1)C(=O)NOC1CCCCO1)c1ccccn1. The fraction of sp³-hybridized carbons (Fsp3) is 0.448. The third-order valence-corrected chi connectivity index (χ3v) is 6.23. The predicted molar refractivity (Wildman–Crippen MR) is 145 cm³/mol. The van der Waals surface area contributed by atoms with Gasteiger partial charge in [-0.1, -0.05) is 62.4 Å². The highest BCUT2D eigenvalue weighted by molar-refractivity contribution is 5.95. The van der Waals surface area contributed by atoms with E-state index in [2.05, 4.69) is 15.9 Å². The number of ether oxygens (including phenoxy) is 1. The van der Waals surface area contributed by atoms with Crippen LogP contribution in [0.2, 0.25) is 0 Å². The van der Waals surface area contributed by atoms with E-state index in [4.69, 9.17) is 9.57 Å². The van der Waals surface area contributed by atoms with Gasteiger partial charge < -0.3 is 4.74 Å². The van der Waals surface area contributed by atoms with Crippen LogP contribution in [0.5, 0.6) is 0 Å². The molecule has 1 aliphatic rings. The van der Waals surface area contributed by atoms with Gasteiger partial charge in [-0.3, -0.25) is 19.8 Å². The van der Waals surface area contributed by atoms with E-state index >= 15 is 0 Å². The standard InChI is InChI=1S/C29H38N4O5/c1-21(2)20-25(28(35)31-33(22(3)34)26-16-7-9-18-30-26)24(15-11-14-23-12-5-4-6-13-23)29(36)32-38-27-17-8-10-19-37-27/h4-7,9,11-14,16,18,21,24-25,27H,8,10,15,17,19-20H2,1-3H3,(H,31,35)(H,32,36)/t24-,25+,27?/m0/s1. The molecule has 1 aromatic heterocycles. The topological polar surface area (TPSA) is 110 Å². The minimum absolute atomic E-state index is 0.113. The van der Waals surface area contributed by atoms with Gasteiger partial charge in [-0.25, -0.2) is 20.3 Å². The van der Waals surface area contributed by atoms with Crippen molar-refractivity contribution in [3.63, 3.8) is 0 Å². The Morgan fingerprint density at radius 1 is 1.08 bits per heavy atom. The molecule has 3 atom stereocenters. The zero-order valence-corrected chi connectivity index (χ0v) is 22.3. The van der Waals surface area contributed by atoms with Crippen LogP contribution < -0.4 is 15.9 Å². The molecule has 1 aliphatic heterocycles. The van der Waals surface area contributed by atoms with Crippen LogP contribution in [0.3, 0.4) is 0 Å². The number of amides is 3. The summed E-state index contributed by atoms with van der Waals surface area (Å²) in [6.07, 6.45) is 8.16. The van der Waals surface area contributed by atoms with Gasteiger partial charge in [0.05, 0.1) is 11.8 Å². The predicted octanol–water partition coefficient (Wildman–Crippen LogP) is 4.42. The molecule has 2 aromatic rings. The van der Waals surface area contributed by atoms with Crippen molar-refractivity contribution in [3.05, 3.63) is 66.4 Å². The van der Waals surface area contributed by atoms with Gasteiger partial charge in [0.25, 0.3) is 0 Å². The lowest BCUT2D eigenvalue weighted by Crippen LogP contribution is -2.51. The number of benzene rings is 1. The van der Waals surface area contributed by atoms with Crippen LogP contribution in [0, 0.1) is 17.8 Å². The Morgan fingerprint density at radius 3 is 2.47 bits per heavy atom. The van der Waals surface area contributed by atoms with Crippen molar-refractivity contribution < 1.29 is 24.0 Å². The van der Waals surface area contributed by atoms with Gasteiger partial charge in [-0.15, -0.1) is 0 Å². The van der Waals surface area contributed by atoms with Crippen LogP contribution in [0.25, 0.3) is 6.08 Å². The number of hydrogen-bond donors (Lipinski definition) is 2. The number of anilines is 1. The van der Waals surface area contributed by atoms with E-state index < -0.39 is 35.8 Å². The zero-order chi connectivity index (χ0) is 27.3. The highest BCUT2D eigenvalue weighted by Crippen LogP contribution is 2.26. The summed E-state index contributed by atoms with van der Waals surface area (Å²) in [5.41, 5.74) is 6.23. The first-order chi connectivity index (χ1) is 18.3. The second-order valence-electron chi connectivity index (χ2n) is 9.79. The molecule has 2 heterocycles. The first kappa shape index (κ1) is 29.0. The number of carbonyl (C=O) groups excluding carboxylic acids is 3. The molecule has 38 heavy (non-hydrogen) atoms. The Morgan fingerprint density at radius 2 is 1.84 bits per heavy atom. The summed E-state index contributed by atoms with van der Waals surface area (Å²) < 4.78 is 5.57. The summed E-state index contributed by atoms with van der Waals surface area (Å²) in [6, 6.07) is 14.8. The molecule has 1 fully saturated rings. The maximum atomic E-state index is 13.6. The van der Waals surface area contributed by atoms with E-state index in [-0.39, 0.29) is 5.92 Å². The first-order valence-corrected chi connectivity index (χ1v) is 13.2. The number of pyridine rings is 1. The Bertz CT molecular complexity index is 1060. The summed E-state index contributed by atoms with van der Waals surface area (Å²) >= 11 is 0. The molecule has 3 rings (SSSR count). The number of nitrogens with one attached hydrogen (secondary N) is 2. The summed E-state index contributed by atoms with van der Waals surface area (Å²) in [5.74, 6) is -2.34. The lowest BCUT2D eigenvalue weighted by molar-refractivity contribution is -0.203. The van der Waals surface area contributed by atoms with Gasteiger partial charge in [0.15, 0.2) is 12.1 Å². The van der Waals surface area contributed by atoms with E-state index in [0.717, 1.165) is 23.4 Å². The molecule has 2 N–H and O–H groups in total. The van der Waals surface area contributed by atoms with Crippen LogP contribution in [-0.4, -0.2) is 35.6 Å². The Hall–Kier alpha value is -3.56. The van der Waals surface area contributed by atoms with Crippen LogP contribution in [-0.2, 0) is 24.0 Å². The highest BCUT2D eigenvalue weighted by atomic mass is 16.8. The minimum atomic E-state index is -0.751. The van der Waals surface area contributed by atoms with Gasteiger partial charge in [-0.2, -0.15) is 0 Å². The summed E-state index contributed by atoms with van der Waals surface area (Å²) in [4.78, 5) is 49.2. The maximum Gasteiger partial charge on any atom is 0.247 e. The summed E-state index contributed by atoms with van der Waals surface area (Å²) in [7, 11) is 0. The quantitative estimate of drug-likeness (QED) is 0.423. The third kappa shape index (κ3) is 9.08. The number of rotatable bonds is 11. The van der Waals surface area contributed by atoms with Crippen molar-refractivity contribution in [2.45, 2.75) is 59.2 Å². The molecule has 204 valence electrons. The molecule has 1 saturated heterocycles. The largest absolute Gasteiger partial charge is 0.350 e. The van der Waals surface area contributed by atoms with Crippen LogP contribution in [0.15, 0.2) is 60.8 Å². The van der Waals surface area contributed by atoms with E-state index in [1.165, 1.54) is 6.92 Å². The summed E-state index contributed by atoms with van der Waals surface area (Å²) in [5, 5.41) is 1.11. The molecule has 0 aliphatic carbocycles. The fourth-order valence-electron chi connectivity index (χ4n) is 4.31. The van der Waals surface area contributed by atoms with Crippen molar-refractivity contribution in [2.75, 3.05) is 11.6 Å². The number of hydrazine groups is 1. The Labute approximate surface area is 224 Å². The van der Waals surface area contributed by atoms with Gasteiger partial charge in [0, 0.05) is 26.1 Å². The van der Waals surface area contributed by atoms with Crippen molar-refractivity contribution in [3.8, 4) is 0 Å². The second-order valence-corrected chi connectivity index (χ2v) is 9.79. The Balaban J connectivity index is 1.82. The molecule has 0 bridgehead atoms. The Kier molecular flexibility index (Phi) is 11.4. The third-order valence-electron chi connectivity index (χ3n) is 6.23. The van der Waals surface area contributed by atoms with E-state index in [1.54, 1.807) is 24.4 Å². The van der Waals surface area contributed by atoms with Gasteiger partial charge in [0.1, 0.15) is 0 Å². The van der Waals surface area contributed by atoms with Gasteiger partial charge >= 0.3 is 0 Å². The molecule has 1 unspecified atom stereocenters. The summed E-state index contributed by atoms with van der Waals surface area (Å²) in [6.45, 7) is 5.90. The van der Waals surface area contributed by atoms with Crippen LogP contribution in [0.4, 0.5) is 5.82 Å². The van der Waals surface area contributed by atoms with E-state index in [1.807, 2.05) is 56.3 Å². The average Bonchev–Trinajstić information content (AvgIpc) is 2.93. The van der Waals surface area contributed by atoms with E-state index in [0.29, 0.717) is 31.7 Å². The monoisotopic (exact) mass is 522 g/mol. The van der Waals surface area contributed by atoms with Crippen LogP contribution >= 0.6 is 0 Å². The maximum absolute atomic E-state index is 13.6. The number of nitrogens with zero attached hydrogens (tertiary/aromatic N) is 2. The molecule has 0 radical (unpaired) electrons. The lowest BCUT2D eigenvalue weighted by Gasteiger charge is -2.30. The molecule has 0 spiro atoms. The number of carbonyl (C=O) groups is 3. The smallest absolute Gasteiger partial charge is 0.247 e. The van der Waals surface area contributed by atoms with E-state index in [9.17, 15) is 14.4 Å². The fourth-order valence-corrected chi connectivity index (χ4v) is 4.31. The first-order valence-electron chi connectivity index (χ1n) is 13.2. The molecular weight excluding hydrogens is 484 g/mol. The van der Waals surface area contributed by atoms with Crippen LogP contribution in [0.1, 0.15) is 58.4 Å². The molecule has 3 amide bonds. The minimum Gasteiger partial charge on any atom is -0.350 e. The molecule has 9 nitrogen and oxygen atoms in total. The normalized spacial score (nSPS) is 17.1. The number of aromatic nitrogens is 1. The lowest BCUT2D eigenvalue weighted by atomic mass is 9.82. The highest BCUT2D eigenvalue weighted by Gasteiger charge is 2.35. The second kappa shape index (κ2) is 15.0. The zero-order valence-electron chi connectivity index (χ0n) is 22.3. The molecule has 0 saturated carbocycles. The van der Waals surface area contributed by atoms with Gasteiger partial charge in [-0.05, 0) is 49.3 Å². The average molecular weight is 523 g/mol. The van der Waals surface area contributed by atoms with Crippen molar-refractivity contribution in [1.29, 1.82) is 0 Å². The number of hydroxylamine groups is 1. The van der Waals surface area contributed by atoms with Gasteiger partial charge in [0.2, 0.25) is 17.7 Å². The number of hydrogen-bond acceptors (Lipinski definition) is 6. The van der Waals surface area contributed by atoms with Crippen molar-refractivity contribution in [1.82, 2.24) is 15.9 Å². The van der Waals surface area contributed by atoms with Crippen molar-refractivity contribution in [2.24, 2.45) is 17.8 Å². The molecular formula is C29H38N4O5. The van der Waals surface area contributed by atoms with Crippen molar-refractivity contribution >= 4 is 29.6 Å². The molecule has 9 heteroatoms. The molecule has 1 aromatic carbocycles. The number of allylic oxidation sites excluding steroid dienone is 1.